The van der Waals surface area contributed by atoms with Crippen LogP contribution in [0.3, 0.4) is 0 Å². The molecule has 1 aliphatic heterocycles. The van der Waals surface area contributed by atoms with Crippen molar-refractivity contribution in [1.82, 2.24) is 15.2 Å². The van der Waals surface area contributed by atoms with Crippen molar-refractivity contribution in [2.45, 2.75) is 4.90 Å². The lowest BCUT2D eigenvalue weighted by Gasteiger charge is -2.27. The van der Waals surface area contributed by atoms with Gasteiger partial charge in [0.2, 0.25) is 5.91 Å². The Hall–Kier alpha value is -3.58. The number of aromatic amines is 1. The highest BCUT2D eigenvalue weighted by atomic mass is 32.2. The van der Waals surface area contributed by atoms with Gasteiger partial charge in [0.25, 0.3) is 5.91 Å². The van der Waals surface area contributed by atoms with E-state index in [4.69, 9.17) is 11.0 Å². The van der Waals surface area contributed by atoms with Gasteiger partial charge in [-0.2, -0.15) is 5.26 Å². The predicted molar refractivity (Wildman–Crippen MR) is 101 cm³/mol. The number of fused-ring (bicyclic) bond motifs is 2. The maximum atomic E-state index is 12.2. The number of H-pyrrole nitrogens is 1. The molecule has 0 atom stereocenters. The molecule has 1 aromatic carbocycles. The molecular formula is C17H13N7O2S. The second-order valence-electron chi connectivity index (χ2n) is 5.76. The number of aromatic nitrogens is 3. The zero-order valence-electron chi connectivity index (χ0n) is 13.9. The van der Waals surface area contributed by atoms with E-state index in [9.17, 15) is 9.59 Å². The molecule has 1 aliphatic rings. The van der Waals surface area contributed by atoms with Gasteiger partial charge in [-0.1, -0.05) is 0 Å². The van der Waals surface area contributed by atoms with Crippen LogP contribution in [-0.4, -0.2) is 39.3 Å². The molecule has 0 saturated heterocycles. The standard InChI is InChI=1S/C17H13N7O2S/c18-4-6-24-11-7-9(1-2-12(11)27-8-13(24)25)21-14-10-3-5-20-17(10)23-22-15(14)16(19)26/h1-3,5,7H,6,8H2,(H2,19,26)(H2,20,21,23). The lowest BCUT2D eigenvalue weighted by atomic mass is 10.2. The molecule has 4 N–H and O–H groups in total. The SMILES string of the molecule is N#CCN1C(=O)CSc2ccc(Nc3c(C(N)=O)nnc4[nH]ccc34)cc21. The smallest absolute Gasteiger partial charge is 0.271 e. The maximum absolute atomic E-state index is 12.2. The van der Waals surface area contributed by atoms with Crippen LogP contribution < -0.4 is 16.0 Å². The predicted octanol–water partition coefficient (Wildman–Crippen LogP) is 1.76. The van der Waals surface area contributed by atoms with Gasteiger partial charge in [-0.25, -0.2) is 0 Å². The molecule has 9 nitrogen and oxygen atoms in total. The zero-order chi connectivity index (χ0) is 19.0. The number of hydrogen-bond acceptors (Lipinski definition) is 7. The molecule has 0 saturated carbocycles. The highest BCUT2D eigenvalue weighted by Crippen LogP contribution is 2.38. The van der Waals surface area contributed by atoms with Gasteiger partial charge in [0.1, 0.15) is 6.54 Å². The van der Waals surface area contributed by atoms with Crippen molar-refractivity contribution in [2.24, 2.45) is 5.73 Å². The number of nitrogens with one attached hydrogen (secondary N) is 2. The molecule has 0 bridgehead atoms. The average Bonchev–Trinajstić information content (AvgIpc) is 3.13. The van der Waals surface area contributed by atoms with Crippen LogP contribution in [0.25, 0.3) is 11.0 Å². The van der Waals surface area contributed by atoms with E-state index in [1.807, 2.05) is 18.2 Å². The number of rotatable bonds is 4. The monoisotopic (exact) mass is 379 g/mol. The van der Waals surface area contributed by atoms with Gasteiger partial charge in [0.05, 0.1) is 23.2 Å². The summed E-state index contributed by atoms with van der Waals surface area (Å²) in [6.45, 7) is -0.0265. The molecule has 2 amide bonds. The first-order chi connectivity index (χ1) is 13.1. The number of benzene rings is 1. The van der Waals surface area contributed by atoms with Crippen molar-refractivity contribution in [2.75, 3.05) is 22.5 Å². The third-order valence-electron chi connectivity index (χ3n) is 4.11. The second-order valence-corrected chi connectivity index (χ2v) is 6.78. The van der Waals surface area contributed by atoms with Gasteiger partial charge in [0, 0.05) is 22.2 Å². The average molecular weight is 379 g/mol. The van der Waals surface area contributed by atoms with E-state index in [0.29, 0.717) is 33.8 Å². The third-order valence-corrected chi connectivity index (χ3v) is 5.16. The van der Waals surface area contributed by atoms with Crippen LogP contribution in [0.1, 0.15) is 10.5 Å². The normalized spacial score (nSPS) is 13.3. The fourth-order valence-electron chi connectivity index (χ4n) is 2.89. The molecule has 0 unspecified atom stereocenters. The molecular weight excluding hydrogens is 366 g/mol. The quantitative estimate of drug-likeness (QED) is 0.587. The van der Waals surface area contributed by atoms with Crippen molar-refractivity contribution in [3.05, 3.63) is 36.2 Å². The van der Waals surface area contributed by atoms with E-state index in [1.165, 1.54) is 16.7 Å². The van der Waals surface area contributed by atoms with Crippen molar-refractivity contribution < 1.29 is 9.59 Å². The molecule has 27 heavy (non-hydrogen) atoms. The summed E-state index contributed by atoms with van der Waals surface area (Å²) < 4.78 is 0. The van der Waals surface area contributed by atoms with E-state index >= 15 is 0 Å². The van der Waals surface area contributed by atoms with Gasteiger partial charge in [-0.3, -0.25) is 14.5 Å². The van der Waals surface area contributed by atoms with E-state index in [-0.39, 0.29) is 18.1 Å². The lowest BCUT2D eigenvalue weighted by Crippen LogP contribution is -2.35. The first-order valence-corrected chi connectivity index (χ1v) is 8.92. The largest absolute Gasteiger partial charge is 0.364 e. The number of thioether (sulfide) groups is 1. The van der Waals surface area contributed by atoms with Crippen LogP contribution in [0.4, 0.5) is 17.1 Å². The molecule has 0 spiro atoms. The number of anilines is 3. The minimum atomic E-state index is -0.706. The zero-order valence-corrected chi connectivity index (χ0v) is 14.7. The van der Waals surface area contributed by atoms with Crippen LogP contribution in [-0.2, 0) is 4.79 Å². The number of amides is 2. The second kappa shape index (κ2) is 6.62. The van der Waals surface area contributed by atoms with Gasteiger partial charge >= 0.3 is 0 Å². The summed E-state index contributed by atoms with van der Waals surface area (Å²) in [5.74, 6) is -0.531. The molecule has 3 heterocycles. The van der Waals surface area contributed by atoms with E-state index in [0.717, 1.165) is 4.90 Å². The molecule has 134 valence electrons. The third kappa shape index (κ3) is 2.94. The number of hydrogen-bond donors (Lipinski definition) is 3. The molecule has 2 aromatic heterocycles. The highest BCUT2D eigenvalue weighted by Gasteiger charge is 2.25. The summed E-state index contributed by atoms with van der Waals surface area (Å²) in [4.78, 5) is 29.2. The summed E-state index contributed by atoms with van der Waals surface area (Å²) >= 11 is 1.42. The molecule has 10 heteroatoms. The molecule has 0 radical (unpaired) electrons. The minimum Gasteiger partial charge on any atom is -0.364 e. The number of carbonyl (C=O) groups excluding carboxylic acids is 2. The molecule has 4 rings (SSSR count). The number of nitrogens with two attached hydrogens (primary N) is 1. The Morgan fingerprint density at radius 2 is 2.26 bits per heavy atom. The van der Waals surface area contributed by atoms with Crippen LogP contribution in [0.5, 0.6) is 0 Å². The number of nitriles is 1. The molecule has 0 aliphatic carbocycles. The maximum Gasteiger partial charge on any atom is 0.271 e. The van der Waals surface area contributed by atoms with Crippen molar-refractivity contribution in [3.8, 4) is 6.07 Å². The van der Waals surface area contributed by atoms with E-state index in [2.05, 4.69) is 20.5 Å². The summed E-state index contributed by atoms with van der Waals surface area (Å²) in [6.07, 6.45) is 1.69. The Bertz CT molecular complexity index is 1120. The Kier molecular flexibility index (Phi) is 4.13. The van der Waals surface area contributed by atoms with Crippen molar-refractivity contribution >= 4 is 51.7 Å². The Labute approximate surface area is 157 Å². The summed E-state index contributed by atoms with van der Waals surface area (Å²) in [5.41, 5.74) is 7.66. The molecule has 0 fully saturated rings. The topological polar surface area (TPSA) is 141 Å². The van der Waals surface area contributed by atoms with Gasteiger partial charge in [-0.15, -0.1) is 22.0 Å². The Morgan fingerprint density at radius 3 is 3.04 bits per heavy atom. The first-order valence-electron chi connectivity index (χ1n) is 7.93. The van der Waals surface area contributed by atoms with Crippen LogP contribution in [0.2, 0.25) is 0 Å². The summed E-state index contributed by atoms with van der Waals surface area (Å²) in [6, 6.07) is 9.24. The van der Waals surface area contributed by atoms with Crippen LogP contribution >= 0.6 is 11.8 Å². The van der Waals surface area contributed by atoms with Crippen LogP contribution in [0, 0.1) is 11.3 Å². The fraction of sp³-hybridized carbons (Fsp3) is 0.118. The minimum absolute atomic E-state index is 0.0131. The Morgan fingerprint density at radius 1 is 1.41 bits per heavy atom. The summed E-state index contributed by atoms with van der Waals surface area (Å²) in [7, 11) is 0. The number of nitrogens with zero attached hydrogens (tertiary/aromatic N) is 4. The Balaban J connectivity index is 1.79. The number of primary amides is 1. The van der Waals surface area contributed by atoms with Crippen molar-refractivity contribution in [1.29, 1.82) is 5.26 Å². The van der Waals surface area contributed by atoms with Crippen LogP contribution in [0.15, 0.2) is 35.4 Å². The highest BCUT2D eigenvalue weighted by molar-refractivity contribution is 8.00. The van der Waals surface area contributed by atoms with Crippen molar-refractivity contribution in [3.63, 3.8) is 0 Å². The lowest BCUT2D eigenvalue weighted by molar-refractivity contribution is -0.116. The van der Waals surface area contributed by atoms with E-state index < -0.39 is 5.91 Å². The van der Waals surface area contributed by atoms with Gasteiger partial charge < -0.3 is 16.0 Å². The number of carbonyl (C=O) groups is 2. The van der Waals surface area contributed by atoms with Gasteiger partial charge in [-0.05, 0) is 24.3 Å². The van der Waals surface area contributed by atoms with Gasteiger partial charge in [0.15, 0.2) is 11.3 Å². The first kappa shape index (κ1) is 16.9. The summed E-state index contributed by atoms with van der Waals surface area (Å²) in [5, 5.41) is 20.7. The molecule has 3 aromatic rings. The van der Waals surface area contributed by atoms with E-state index in [1.54, 1.807) is 18.3 Å². The fourth-order valence-corrected chi connectivity index (χ4v) is 3.81.